The van der Waals surface area contributed by atoms with Gasteiger partial charge < -0.3 is 28.8 Å². The fourth-order valence-electron chi connectivity index (χ4n) is 4.23. The van der Waals surface area contributed by atoms with Crippen LogP contribution in [0.5, 0.6) is 17.2 Å². The Morgan fingerprint density at radius 1 is 0.971 bits per heavy atom. The second-order valence-corrected chi connectivity index (χ2v) is 7.99. The van der Waals surface area contributed by atoms with Crippen molar-refractivity contribution in [2.24, 2.45) is 0 Å². The van der Waals surface area contributed by atoms with E-state index in [9.17, 15) is 14.7 Å². The first-order chi connectivity index (χ1) is 17.0. The first-order valence-corrected chi connectivity index (χ1v) is 11.1. The molecule has 0 aliphatic carbocycles. The average molecular weight is 478 g/mol. The molecule has 1 amide bonds. The van der Waals surface area contributed by atoms with Crippen molar-refractivity contribution < 1.29 is 28.9 Å². The van der Waals surface area contributed by atoms with Gasteiger partial charge in [-0.25, -0.2) is 4.98 Å². The Morgan fingerprint density at radius 2 is 1.71 bits per heavy atom. The molecule has 1 aliphatic rings. The van der Waals surface area contributed by atoms with Crippen molar-refractivity contribution in [3.8, 4) is 17.2 Å². The van der Waals surface area contributed by atoms with Crippen LogP contribution in [0.25, 0.3) is 5.76 Å². The molecular formula is C26H27N3O6. The lowest BCUT2D eigenvalue weighted by Crippen LogP contribution is -2.31. The van der Waals surface area contributed by atoms with Crippen LogP contribution in [0.4, 0.5) is 0 Å². The van der Waals surface area contributed by atoms with E-state index in [-0.39, 0.29) is 11.3 Å². The molecule has 1 saturated heterocycles. The molecule has 9 heteroatoms. The van der Waals surface area contributed by atoms with Crippen molar-refractivity contribution in [1.29, 1.82) is 0 Å². The van der Waals surface area contributed by atoms with Gasteiger partial charge in [0.1, 0.15) is 11.5 Å². The van der Waals surface area contributed by atoms with Gasteiger partial charge >= 0.3 is 0 Å². The molecule has 9 nitrogen and oxygen atoms in total. The number of methoxy groups -OCH3 is 3. The van der Waals surface area contributed by atoms with Crippen LogP contribution in [-0.2, 0) is 16.1 Å². The van der Waals surface area contributed by atoms with Crippen LogP contribution in [0.3, 0.4) is 0 Å². The van der Waals surface area contributed by atoms with E-state index in [2.05, 4.69) is 4.98 Å². The minimum Gasteiger partial charge on any atom is -0.507 e. The largest absolute Gasteiger partial charge is 0.507 e. The van der Waals surface area contributed by atoms with Crippen molar-refractivity contribution >= 4 is 17.4 Å². The lowest BCUT2D eigenvalue weighted by Gasteiger charge is -2.26. The van der Waals surface area contributed by atoms with Crippen molar-refractivity contribution in [2.75, 3.05) is 27.9 Å². The highest BCUT2D eigenvalue weighted by Crippen LogP contribution is 2.42. The van der Waals surface area contributed by atoms with Crippen molar-refractivity contribution in [2.45, 2.75) is 19.0 Å². The van der Waals surface area contributed by atoms with E-state index in [1.54, 1.807) is 62.1 Å². The Labute approximate surface area is 203 Å². The zero-order valence-electron chi connectivity index (χ0n) is 19.8. The first-order valence-electron chi connectivity index (χ1n) is 11.1. The number of benzene rings is 2. The van der Waals surface area contributed by atoms with E-state index in [0.717, 1.165) is 0 Å². The molecule has 1 aromatic heterocycles. The van der Waals surface area contributed by atoms with Gasteiger partial charge in [-0.15, -0.1) is 0 Å². The summed E-state index contributed by atoms with van der Waals surface area (Å²) in [7, 11) is 4.59. The molecule has 1 atom stereocenters. The molecule has 1 N–H and O–H groups in total. The van der Waals surface area contributed by atoms with Gasteiger partial charge in [-0.2, -0.15) is 0 Å². The number of nitrogens with zero attached hydrogens (tertiary/aromatic N) is 3. The smallest absolute Gasteiger partial charge is 0.295 e. The molecule has 0 saturated carbocycles. The number of rotatable bonds is 9. The third kappa shape index (κ3) is 4.70. The molecule has 1 unspecified atom stereocenters. The van der Waals surface area contributed by atoms with Gasteiger partial charge in [0.25, 0.3) is 11.7 Å². The van der Waals surface area contributed by atoms with Gasteiger partial charge in [-0.05, 0) is 48.4 Å². The summed E-state index contributed by atoms with van der Waals surface area (Å²) in [4.78, 5) is 31.9. The van der Waals surface area contributed by atoms with Crippen LogP contribution < -0.4 is 14.2 Å². The Morgan fingerprint density at radius 3 is 2.34 bits per heavy atom. The highest BCUT2D eigenvalue weighted by Gasteiger charge is 2.46. The number of likely N-dealkylation sites (tertiary alicyclic amines) is 1. The average Bonchev–Trinajstić information content (AvgIpc) is 3.50. The number of ketones is 1. The lowest BCUT2D eigenvalue weighted by atomic mass is 9.95. The van der Waals surface area contributed by atoms with Gasteiger partial charge in [0.2, 0.25) is 0 Å². The summed E-state index contributed by atoms with van der Waals surface area (Å²) < 4.78 is 17.9. The number of ether oxygens (including phenoxy) is 3. The molecule has 4 rings (SSSR count). The maximum atomic E-state index is 13.2. The van der Waals surface area contributed by atoms with E-state index < -0.39 is 17.7 Å². The lowest BCUT2D eigenvalue weighted by molar-refractivity contribution is -0.139. The van der Waals surface area contributed by atoms with Crippen LogP contribution in [0.15, 0.2) is 66.8 Å². The molecule has 0 spiro atoms. The molecule has 35 heavy (non-hydrogen) atoms. The summed E-state index contributed by atoms with van der Waals surface area (Å²) in [5, 5.41) is 11.2. The number of imidazole rings is 1. The van der Waals surface area contributed by atoms with E-state index in [1.165, 1.54) is 19.1 Å². The Kier molecular flexibility index (Phi) is 7.05. The number of carbonyl (C=O) groups excluding carboxylic acids is 2. The molecular weight excluding hydrogens is 450 g/mol. The molecule has 2 aromatic carbocycles. The van der Waals surface area contributed by atoms with Gasteiger partial charge in [0.05, 0.1) is 39.3 Å². The summed E-state index contributed by atoms with van der Waals surface area (Å²) in [5.41, 5.74) is 1.06. The zero-order chi connectivity index (χ0) is 24.9. The van der Waals surface area contributed by atoms with E-state index in [0.29, 0.717) is 47.9 Å². The Bertz CT molecular complexity index is 1230. The highest BCUT2D eigenvalue weighted by molar-refractivity contribution is 6.46. The predicted octanol–water partition coefficient (Wildman–Crippen LogP) is 3.42. The number of aromatic nitrogens is 2. The maximum absolute atomic E-state index is 13.2. The van der Waals surface area contributed by atoms with Crippen LogP contribution in [0.2, 0.25) is 0 Å². The third-order valence-corrected chi connectivity index (χ3v) is 6.00. The molecule has 0 bridgehead atoms. The standard InChI is InChI=1S/C26H27N3O6/c1-33-19-8-5-17(6-9-19)24(30)22-23(18-7-10-20(34-2)21(15-18)35-3)29(26(32)25(22)31)13-4-12-28-14-11-27-16-28/h5-11,14-16,23,30H,4,12-13H2,1-3H3. The van der Waals surface area contributed by atoms with Gasteiger partial charge in [-0.1, -0.05) is 6.07 Å². The number of aryl methyl sites for hydroxylation is 1. The maximum Gasteiger partial charge on any atom is 0.295 e. The fraction of sp³-hybridized carbons (Fsp3) is 0.269. The van der Waals surface area contributed by atoms with Crippen molar-refractivity contribution in [3.05, 3.63) is 77.9 Å². The van der Waals surface area contributed by atoms with E-state index in [4.69, 9.17) is 14.2 Å². The number of hydrogen-bond donors (Lipinski definition) is 1. The van der Waals surface area contributed by atoms with Crippen molar-refractivity contribution in [1.82, 2.24) is 14.5 Å². The Hall–Kier alpha value is -4.27. The van der Waals surface area contributed by atoms with Gasteiger partial charge in [0.15, 0.2) is 11.5 Å². The van der Waals surface area contributed by atoms with Crippen LogP contribution in [-0.4, -0.2) is 59.1 Å². The van der Waals surface area contributed by atoms with E-state index >= 15 is 0 Å². The molecule has 1 fully saturated rings. The number of amides is 1. The second kappa shape index (κ2) is 10.3. The number of aliphatic hydroxyl groups is 1. The van der Waals surface area contributed by atoms with Crippen molar-refractivity contribution in [3.63, 3.8) is 0 Å². The zero-order valence-corrected chi connectivity index (χ0v) is 19.8. The minimum absolute atomic E-state index is 0.0232. The SMILES string of the molecule is COc1ccc(C(O)=C2C(=O)C(=O)N(CCCn3ccnc3)C2c2ccc(OC)c(OC)c2)cc1. The summed E-state index contributed by atoms with van der Waals surface area (Å²) in [5.74, 6) is -0.0611. The Balaban J connectivity index is 1.77. The molecule has 2 heterocycles. The van der Waals surface area contributed by atoms with Gasteiger partial charge in [-0.3, -0.25) is 9.59 Å². The van der Waals surface area contributed by atoms with Crippen LogP contribution in [0, 0.1) is 0 Å². The number of Topliss-reactive ketones (excluding diaryl/α,β-unsaturated/α-hetero) is 1. The summed E-state index contributed by atoms with van der Waals surface area (Å²) in [6.07, 6.45) is 5.81. The summed E-state index contributed by atoms with van der Waals surface area (Å²) >= 11 is 0. The monoisotopic (exact) mass is 477 g/mol. The normalized spacial score (nSPS) is 17.0. The van der Waals surface area contributed by atoms with E-state index in [1.807, 2.05) is 10.8 Å². The quantitative estimate of drug-likeness (QED) is 0.286. The van der Waals surface area contributed by atoms with Gasteiger partial charge in [0, 0.05) is 31.0 Å². The number of aliphatic hydroxyl groups excluding tert-OH is 1. The summed E-state index contributed by atoms with van der Waals surface area (Å²) in [6.45, 7) is 0.932. The highest BCUT2D eigenvalue weighted by atomic mass is 16.5. The first kappa shape index (κ1) is 23.9. The summed E-state index contributed by atoms with van der Waals surface area (Å²) in [6, 6.07) is 11.1. The molecule has 3 aromatic rings. The molecule has 182 valence electrons. The topological polar surface area (TPSA) is 103 Å². The van der Waals surface area contributed by atoms with Crippen LogP contribution in [0.1, 0.15) is 23.6 Å². The minimum atomic E-state index is -0.792. The number of hydrogen-bond acceptors (Lipinski definition) is 7. The molecule has 0 radical (unpaired) electrons. The predicted molar refractivity (Wildman–Crippen MR) is 128 cm³/mol. The fourth-order valence-corrected chi connectivity index (χ4v) is 4.23. The third-order valence-electron chi connectivity index (χ3n) is 6.00. The molecule has 1 aliphatic heterocycles. The second-order valence-electron chi connectivity index (χ2n) is 7.99. The number of carbonyl (C=O) groups is 2. The van der Waals surface area contributed by atoms with Crippen LogP contribution >= 0.6 is 0 Å².